The quantitative estimate of drug-likeness (QED) is 0.386. The van der Waals surface area contributed by atoms with Crippen molar-refractivity contribution in [2.75, 3.05) is 0 Å². The summed E-state index contributed by atoms with van der Waals surface area (Å²) in [5, 5.41) is 10.9. The van der Waals surface area contributed by atoms with E-state index in [2.05, 4.69) is 28.8 Å². The first kappa shape index (κ1) is 14.2. The standard InChI is InChI=1S/C20H14N2O2/c23-22(24)18-10-8-16(9-11-18)19-13-17(15-5-2-1-3-6-15)14-21-12-4-7-20(19)21/h1-14H. The minimum atomic E-state index is -0.378. The number of benzene rings is 2. The van der Waals surface area contributed by atoms with Gasteiger partial charge in [-0.1, -0.05) is 30.3 Å². The molecule has 0 unspecified atom stereocenters. The molecule has 0 fully saturated rings. The minimum Gasteiger partial charge on any atom is -0.323 e. The molecule has 24 heavy (non-hydrogen) atoms. The van der Waals surface area contributed by atoms with Crippen LogP contribution in [0.3, 0.4) is 0 Å². The molecular weight excluding hydrogens is 300 g/mol. The Labute approximate surface area is 138 Å². The van der Waals surface area contributed by atoms with Crippen LogP contribution < -0.4 is 0 Å². The molecule has 0 aliphatic rings. The first-order valence-electron chi connectivity index (χ1n) is 7.63. The molecule has 0 N–H and O–H groups in total. The van der Waals surface area contributed by atoms with Gasteiger partial charge in [-0.2, -0.15) is 0 Å². The Morgan fingerprint density at radius 2 is 1.54 bits per heavy atom. The molecule has 4 rings (SSSR count). The van der Waals surface area contributed by atoms with Gasteiger partial charge in [-0.05, 0) is 47.0 Å². The fourth-order valence-corrected chi connectivity index (χ4v) is 2.93. The van der Waals surface area contributed by atoms with Gasteiger partial charge in [0.1, 0.15) is 0 Å². The normalized spacial score (nSPS) is 10.8. The van der Waals surface area contributed by atoms with E-state index in [4.69, 9.17) is 0 Å². The van der Waals surface area contributed by atoms with Gasteiger partial charge in [0.2, 0.25) is 0 Å². The Hall–Kier alpha value is -3.40. The number of nitro benzene ring substituents is 1. The smallest absolute Gasteiger partial charge is 0.269 e. The fourth-order valence-electron chi connectivity index (χ4n) is 2.93. The number of aromatic nitrogens is 1. The van der Waals surface area contributed by atoms with Gasteiger partial charge in [0.25, 0.3) is 5.69 Å². The van der Waals surface area contributed by atoms with Gasteiger partial charge in [0.05, 0.1) is 10.4 Å². The monoisotopic (exact) mass is 314 g/mol. The molecule has 0 amide bonds. The molecule has 4 nitrogen and oxygen atoms in total. The van der Waals surface area contributed by atoms with Crippen molar-refractivity contribution in [1.82, 2.24) is 4.40 Å². The van der Waals surface area contributed by atoms with Crippen LogP contribution >= 0.6 is 0 Å². The molecule has 0 atom stereocenters. The van der Waals surface area contributed by atoms with E-state index in [0.29, 0.717) is 0 Å². The predicted molar refractivity (Wildman–Crippen MR) is 94.9 cm³/mol. The molecule has 0 aliphatic heterocycles. The van der Waals surface area contributed by atoms with Gasteiger partial charge in [-0.15, -0.1) is 0 Å². The first-order valence-corrected chi connectivity index (χ1v) is 7.63. The summed E-state index contributed by atoms with van der Waals surface area (Å²) in [6.07, 6.45) is 4.11. The summed E-state index contributed by atoms with van der Waals surface area (Å²) in [5.74, 6) is 0. The molecule has 2 heterocycles. The zero-order chi connectivity index (χ0) is 16.5. The number of hydrogen-bond acceptors (Lipinski definition) is 2. The Balaban J connectivity index is 1.90. The van der Waals surface area contributed by atoms with E-state index in [9.17, 15) is 10.1 Å². The highest BCUT2D eigenvalue weighted by molar-refractivity contribution is 5.85. The van der Waals surface area contributed by atoms with Gasteiger partial charge in [0.15, 0.2) is 0 Å². The van der Waals surface area contributed by atoms with Crippen molar-refractivity contribution in [1.29, 1.82) is 0 Å². The van der Waals surface area contributed by atoms with Crippen LogP contribution in [0.4, 0.5) is 5.69 Å². The predicted octanol–water partition coefficient (Wildman–Crippen LogP) is 5.18. The van der Waals surface area contributed by atoms with E-state index in [1.165, 1.54) is 0 Å². The van der Waals surface area contributed by atoms with Crippen molar-refractivity contribution in [2.45, 2.75) is 0 Å². The summed E-state index contributed by atoms with van der Waals surface area (Å²) in [6, 6.07) is 23.0. The summed E-state index contributed by atoms with van der Waals surface area (Å²) < 4.78 is 2.08. The zero-order valence-corrected chi connectivity index (χ0v) is 12.8. The molecule has 116 valence electrons. The number of nitrogens with zero attached hydrogens (tertiary/aromatic N) is 2. The molecule has 0 saturated heterocycles. The number of fused-ring (bicyclic) bond motifs is 1. The van der Waals surface area contributed by atoms with Gasteiger partial charge in [-0.3, -0.25) is 10.1 Å². The fraction of sp³-hybridized carbons (Fsp3) is 0. The lowest BCUT2D eigenvalue weighted by atomic mass is 10.00. The van der Waals surface area contributed by atoms with Gasteiger partial charge >= 0.3 is 0 Å². The molecule has 0 saturated carbocycles. The van der Waals surface area contributed by atoms with Crippen molar-refractivity contribution in [2.24, 2.45) is 0 Å². The summed E-state index contributed by atoms with van der Waals surface area (Å²) in [4.78, 5) is 10.5. The minimum absolute atomic E-state index is 0.101. The van der Waals surface area contributed by atoms with Crippen LogP contribution in [-0.4, -0.2) is 9.32 Å². The third-order valence-electron chi connectivity index (χ3n) is 4.13. The molecule has 4 aromatic rings. The number of nitro groups is 1. The Bertz CT molecular complexity index is 1020. The summed E-state index contributed by atoms with van der Waals surface area (Å²) in [7, 11) is 0. The van der Waals surface area contributed by atoms with Crippen LogP contribution in [0.25, 0.3) is 27.8 Å². The number of non-ortho nitro benzene ring substituents is 1. The average molecular weight is 314 g/mol. The number of pyridine rings is 1. The summed E-state index contributed by atoms with van der Waals surface area (Å²) >= 11 is 0. The van der Waals surface area contributed by atoms with E-state index < -0.39 is 0 Å². The lowest BCUT2D eigenvalue weighted by Gasteiger charge is -2.10. The molecule has 0 spiro atoms. The van der Waals surface area contributed by atoms with Crippen molar-refractivity contribution < 1.29 is 4.92 Å². The van der Waals surface area contributed by atoms with E-state index in [1.54, 1.807) is 24.3 Å². The largest absolute Gasteiger partial charge is 0.323 e. The second-order valence-corrected chi connectivity index (χ2v) is 5.61. The van der Waals surface area contributed by atoms with Gasteiger partial charge < -0.3 is 4.40 Å². The lowest BCUT2D eigenvalue weighted by molar-refractivity contribution is -0.384. The molecule has 2 aromatic heterocycles. The van der Waals surface area contributed by atoms with E-state index in [0.717, 1.165) is 27.8 Å². The van der Waals surface area contributed by atoms with Crippen molar-refractivity contribution >= 4 is 11.2 Å². The van der Waals surface area contributed by atoms with E-state index in [1.807, 2.05) is 36.5 Å². The average Bonchev–Trinajstić information content (AvgIpc) is 3.10. The van der Waals surface area contributed by atoms with Crippen LogP contribution in [-0.2, 0) is 0 Å². The SMILES string of the molecule is O=[N+]([O-])c1ccc(-c2cc(-c3ccccc3)cn3cccc23)cc1. The topological polar surface area (TPSA) is 47.5 Å². The Morgan fingerprint density at radius 3 is 2.25 bits per heavy atom. The van der Waals surface area contributed by atoms with Crippen LogP contribution in [0.15, 0.2) is 85.2 Å². The summed E-state index contributed by atoms with van der Waals surface area (Å²) in [6.45, 7) is 0. The van der Waals surface area contributed by atoms with Crippen LogP contribution in [0.5, 0.6) is 0 Å². The van der Waals surface area contributed by atoms with E-state index in [-0.39, 0.29) is 10.6 Å². The van der Waals surface area contributed by atoms with Gasteiger partial charge in [0, 0.05) is 30.1 Å². The maximum absolute atomic E-state index is 10.9. The first-order chi connectivity index (χ1) is 11.7. The lowest BCUT2D eigenvalue weighted by Crippen LogP contribution is -1.91. The van der Waals surface area contributed by atoms with Crippen molar-refractivity contribution in [3.05, 3.63) is 95.3 Å². The van der Waals surface area contributed by atoms with E-state index >= 15 is 0 Å². The Kier molecular flexibility index (Phi) is 3.35. The number of hydrogen-bond donors (Lipinski definition) is 0. The molecule has 0 bridgehead atoms. The molecule has 2 aromatic carbocycles. The Morgan fingerprint density at radius 1 is 0.792 bits per heavy atom. The summed E-state index contributed by atoms with van der Waals surface area (Å²) in [5.41, 5.74) is 5.43. The maximum Gasteiger partial charge on any atom is 0.269 e. The third-order valence-corrected chi connectivity index (χ3v) is 4.13. The molecule has 4 heteroatoms. The highest BCUT2D eigenvalue weighted by atomic mass is 16.6. The maximum atomic E-state index is 10.9. The third kappa shape index (κ3) is 2.44. The van der Waals surface area contributed by atoms with Crippen LogP contribution in [0.1, 0.15) is 0 Å². The van der Waals surface area contributed by atoms with Crippen LogP contribution in [0, 0.1) is 10.1 Å². The highest BCUT2D eigenvalue weighted by Gasteiger charge is 2.10. The second-order valence-electron chi connectivity index (χ2n) is 5.61. The van der Waals surface area contributed by atoms with Crippen molar-refractivity contribution in [3.63, 3.8) is 0 Å². The second kappa shape index (κ2) is 5.66. The van der Waals surface area contributed by atoms with Crippen molar-refractivity contribution in [3.8, 4) is 22.3 Å². The molecular formula is C20H14N2O2. The molecule has 0 aliphatic carbocycles. The number of rotatable bonds is 3. The molecule has 0 radical (unpaired) electrons. The van der Waals surface area contributed by atoms with Crippen LogP contribution in [0.2, 0.25) is 0 Å². The van der Waals surface area contributed by atoms with Gasteiger partial charge in [-0.25, -0.2) is 0 Å². The zero-order valence-electron chi connectivity index (χ0n) is 12.8. The highest BCUT2D eigenvalue weighted by Crippen LogP contribution is 2.31.